The zero-order valence-electron chi connectivity index (χ0n) is 9.17. The topological polar surface area (TPSA) is 29.5 Å². The van der Waals surface area contributed by atoms with Gasteiger partial charge in [0.15, 0.2) is 0 Å². The zero-order valence-corrected chi connectivity index (χ0v) is 9.93. The van der Waals surface area contributed by atoms with Gasteiger partial charge in [-0.15, -0.1) is 0 Å². The molecule has 1 aliphatic carbocycles. The number of aliphatic hydroxyl groups excluding tert-OH is 1. The van der Waals surface area contributed by atoms with Crippen molar-refractivity contribution < 1.29 is 9.84 Å². The summed E-state index contributed by atoms with van der Waals surface area (Å²) in [4.78, 5) is 0. The van der Waals surface area contributed by atoms with Crippen LogP contribution in [-0.4, -0.2) is 12.2 Å². The van der Waals surface area contributed by atoms with E-state index in [9.17, 15) is 5.11 Å². The molecule has 0 aliphatic heterocycles. The molecule has 0 radical (unpaired) electrons. The first-order valence-corrected chi connectivity index (χ1v) is 5.40. The molecule has 1 aromatic carbocycles. The number of ether oxygens (including phenoxy) is 1. The van der Waals surface area contributed by atoms with Gasteiger partial charge in [0.25, 0.3) is 0 Å². The summed E-state index contributed by atoms with van der Waals surface area (Å²) >= 11 is 6.11. The fourth-order valence-corrected chi connectivity index (χ4v) is 2.74. The van der Waals surface area contributed by atoms with Crippen LogP contribution in [0.1, 0.15) is 37.5 Å². The van der Waals surface area contributed by atoms with E-state index in [1.165, 1.54) is 0 Å². The zero-order chi connectivity index (χ0) is 11.2. The van der Waals surface area contributed by atoms with Gasteiger partial charge in [-0.3, -0.25) is 0 Å². The van der Waals surface area contributed by atoms with Gasteiger partial charge in [-0.2, -0.15) is 0 Å². The van der Waals surface area contributed by atoms with E-state index >= 15 is 0 Å². The molecule has 1 atom stereocenters. The van der Waals surface area contributed by atoms with Crippen LogP contribution in [0.2, 0.25) is 5.02 Å². The predicted molar refractivity (Wildman–Crippen MR) is 60.6 cm³/mol. The van der Waals surface area contributed by atoms with Crippen molar-refractivity contribution in [3.8, 4) is 5.75 Å². The molecule has 1 aromatic rings. The number of fused-ring (bicyclic) bond motifs is 1. The molecule has 0 spiro atoms. The standard InChI is InChI=1S/C12H15ClO2/c1-12(2)6-8(14)10-7(13)4-5-9(15-3)11(10)12/h4-5,8,14H,6H2,1-3H3/t8-/m1/s1. The highest BCUT2D eigenvalue weighted by molar-refractivity contribution is 6.31. The third-order valence-electron chi connectivity index (χ3n) is 3.09. The normalized spacial score (nSPS) is 22.6. The van der Waals surface area contributed by atoms with Gasteiger partial charge in [0.2, 0.25) is 0 Å². The summed E-state index contributed by atoms with van der Waals surface area (Å²) in [6.07, 6.45) is 0.222. The molecule has 15 heavy (non-hydrogen) atoms. The molecule has 2 nitrogen and oxygen atoms in total. The highest BCUT2D eigenvalue weighted by Gasteiger charge is 2.39. The second kappa shape index (κ2) is 3.39. The van der Waals surface area contributed by atoms with Crippen molar-refractivity contribution in [1.82, 2.24) is 0 Å². The Hall–Kier alpha value is -0.730. The van der Waals surface area contributed by atoms with Crippen molar-refractivity contribution in [3.05, 3.63) is 28.3 Å². The second-order valence-electron chi connectivity index (χ2n) is 4.64. The fourth-order valence-electron chi connectivity index (χ4n) is 2.46. The van der Waals surface area contributed by atoms with E-state index in [-0.39, 0.29) is 5.41 Å². The molecule has 0 saturated heterocycles. The lowest BCUT2D eigenvalue weighted by atomic mass is 9.86. The quantitative estimate of drug-likeness (QED) is 0.798. The molecule has 82 valence electrons. The molecule has 3 heteroatoms. The van der Waals surface area contributed by atoms with Gasteiger partial charge in [-0.25, -0.2) is 0 Å². The van der Waals surface area contributed by atoms with E-state index in [1.54, 1.807) is 13.2 Å². The van der Waals surface area contributed by atoms with Crippen molar-refractivity contribution in [3.63, 3.8) is 0 Å². The average Bonchev–Trinajstić information content (AvgIpc) is 2.39. The molecule has 0 aromatic heterocycles. The van der Waals surface area contributed by atoms with E-state index in [1.807, 2.05) is 6.07 Å². The molecular formula is C12H15ClO2. The number of hydrogen-bond acceptors (Lipinski definition) is 2. The fraction of sp³-hybridized carbons (Fsp3) is 0.500. The number of rotatable bonds is 1. The number of halogens is 1. The van der Waals surface area contributed by atoms with Crippen LogP contribution >= 0.6 is 11.6 Å². The molecule has 0 saturated carbocycles. The first kappa shape index (κ1) is 10.8. The lowest BCUT2D eigenvalue weighted by Gasteiger charge is -2.21. The minimum atomic E-state index is -0.474. The largest absolute Gasteiger partial charge is 0.496 e. The Morgan fingerprint density at radius 1 is 1.47 bits per heavy atom. The molecular weight excluding hydrogens is 212 g/mol. The van der Waals surface area contributed by atoms with Crippen molar-refractivity contribution in [1.29, 1.82) is 0 Å². The van der Waals surface area contributed by atoms with Crippen molar-refractivity contribution in [2.75, 3.05) is 7.11 Å². The molecule has 1 N–H and O–H groups in total. The van der Waals surface area contributed by atoms with Crippen LogP contribution in [0.4, 0.5) is 0 Å². The molecule has 0 bridgehead atoms. The van der Waals surface area contributed by atoms with Crippen LogP contribution in [0, 0.1) is 0 Å². The predicted octanol–water partition coefficient (Wildman–Crippen LogP) is 3.06. The summed E-state index contributed by atoms with van der Waals surface area (Å²) in [5, 5.41) is 10.6. The third kappa shape index (κ3) is 1.52. The van der Waals surface area contributed by atoms with Gasteiger partial charge < -0.3 is 9.84 Å². The number of hydrogen-bond donors (Lipinski definition) is 1. The second-order valence-corrected chi connectivity index (χ2v) is 5.05. The van der Waals surface area contributed by atoms with E-state index in [2.05, 4.69) is 13.8 Å². The molecule has 1 aliphatic rings. The van der Waals surface area contributed by atoms with Gasteiger partial charge in [0, 0.05) is 16.1 Å². The average molecular weight is 227 g/mol. The lowest BCUT2D eigenvalue weighted by Crippen LogP contribution is -2.13. The van der Waals surface area contributed by atoms with Crippen molar-refractivity contribution in [2.45, 2.75) is 31.8 Å². The number of methoxy groups -OCH3 is 1. The summed E-state index contributed by atoms with van der Waals surface area (Å²) in [6, 6.07) is 3.64. The van der Waals surface area contributed by atoms with Crippen LogP contribution in [0.5, 0.6) is 5.75 Å². The van der Waals surface area contributed by atoms with E-state index in [0.717, 1.165) is 16.9 Å². The molecule has 0 fully saturated rings. The van der Waals surface area contributed by atoms with Gasteiger partial charge in [-0.05, 0) is 24.0 Å². The van der Waals surface area contributed by atoms with Crippen molar-refractivity contribution >= 4 is 11.6 Å². The molecule has 2 rings (SSSR count). The summed E-state index contributed by atoms with van der Waals surface area (Å²) in [6.45, 7) is 4.20. The smallest absolute Gasteiger partial charge is 0.123 e. The molecule has 0 unspecified atom stereocenters. The van der Waals surface area contributed by atoms with Gasteiger partial charge >= 0.3 is 0 Å². The van der Waals surface area contributed by atoms with Gasteiger partial charge in [0.1, 0.15) is 5.75 Å². The van der Waals surface area contributed by atoms with Crippen molar-refractivity contribution in [2.24, 2.45) is 0 Å². The third-order valence-corrected chi connectivity index (χ3v) is 3.42. The number of benzene rings is 1. The highest BCUT2D eigenvalue weighted by Crippen LogP contribution is 2.51. The maximum absolute atomic E-state index is 9.98. The maximum atomic E-state index is 9.98. The van der Waals surface area contributed by atoms with Crippen LogP contribution in [-0.2, 0) is 5.41 Å². The number of aliphatic hydroxyl groups is 1. The van der Waals surface area contributed by atoms with E-state index in [0.29, 0.717) is 11.4 Å². The molecule has 0 heterocycles. The first-order valence-electron chi connectivity index (χ1n) is 5.02. The Morgan fingerprint density at radius 2 is 2.13 bits per heavy atom. The SMILES string of the molecule is COc1ccc(Cl)c2c1C(C)(C)C[C@H]2O. The Balaban J connectivity index is 2.71. The van der Waals surface area contributed by atoms with E-state index < -0.39 is 6.10 Å². The minimum absolute atomic E-state index is 0.0784. The monoisotopic (exact) mass is 226 g/mol. The summed E-state index contributed by atoms with van der Waals surface area (Å²) in [5.41, 5.74) is 1.80. The van der Waals surface area contributed by atoms with Crippen LogP contribution < -0.4 is 4.74 Å². The Morgan fingerprint density at radius 3 is 2.73 bits per heavy atom. The van der Waals surface area contributed by atoms with Gasteiger partial charge in [0.05, 0.1) is 13.2 Å². The summed E-state index contributed by atoms with van der Waals surface area (Å²) in [7, 11) is 1.64. The Kier molecular flexibility index (Phi) is 2.44. The summed E-state index contributed by atoms with van der Waals surface area (Å²) in [5.74, 6) is 0.816. The van der Waals surface area contributed by atoms with Crippen LogP contribution in [0.3, 0.4) is 0 Å². The molecule has 0 amide bonds. The maximum Gasteiger partial charge on any atom is 0.123 e. The first-order chi connectivity index (χ1) is 6.97. The lowest BCUT2D eigenvalue weighted by molar-refractivity contribution is 0.161. The van der Waals surface area contributed by atoms with Crippen LogP contribution in [0.15, 0.2) is 12.1 Å². The Labute approximate surface area is 94.8 Å². The summed E-state index contributed by atoms with van der Waals surface area (Å²) < 4.78 is 5.33. The van der Waals surface area contributed by atoms with Gasteiger partial charge in [-0.1, -0.05) is 25.4 Å². The Bertz CT molecular complexity index is 399. The van der Waals surface area contributed by atoms with Crippen LogP contribution in [0.25, 0.3) is 0 Å². The highest BCUT2D eigenvalue weighted by atomic mass is 35.5. The minimum Gasteiger partial charge on any atom is -0.496 e. The van der Waals surface area contributed by atoms with E-state index in [4.69, 9.17) is 16.3 Å².